The van der Waals surface area contributed by atoms with E-state index in [9.17, 15) is 9.59 Å². The maximum absolute atomic E-state index is 11.4. The minimum absolute atomic E-state index is 0.118. The Morgan fingerprint density at radius 1 is 1.82 bits per heavy atom. The maximum Gasteiger partial charge on any atom is 0.311 e. The van der Waals surface area contributed by atoms with E-state index in [0.29, 0.717) is 18.2 Å². The molecule has 1 unspecified atom stereocenters. The first-order chi connectivity index (χ1) is 8.08. The van der Waals surface area contributed by atoms with Crippen LogP contribution in [0.1, 0.15) is 6.42 Å². The van der Waals surface area contributed by atoms with Gasteiger partial charge in [0, 0.05) is 13.0 Å². The van der Waals surface area contributed by atoms with E-state index in [0.717, 1.165) is 0 Å². The molecule has 1 heterocycles. The summed E-state index contributed by atoms with van der Waals surface area (Å²) >= 11 is 5.07. The second kappa shape index (κ2) is 6.19. The zero-order valence-electron chi connectivity index (χ0n) is 9.56. The fourth-order valence-electron chi connectivity index (χ4n) is 1.46. The van der Waals surface area contributed by atoms with Gasteiger partial charge in [-0.3, -0.25) is 20.0 Å². The van der Waals surface area contributed by atoms with E-state index in [1.807, 2.05) is 0 Å². The zero-order chi connectivity index (χ0) is 12.8. The lowest BCUT2D eigenvalue weighted by Gasteiger charge is -2.33. The van der Waals surface area contributed by atoms with Gasteiger partial charge in [-0.2, -0.15) is 0 Å². The van der Waals surface area contributed by atoms with E-state index in [2.05, 4.69) is 22.1 Å². The average molecular weight is 257 g/mol. The number of carbonyl (C=O) groups excluding carboxylic acids is 2. The number of thiocarbonyl (C=S) groups is 1. The molecule has 1 amide bonds. The van der Waals surface area contributed by atoms with Crippen LogP contribution in [0.3, 0.4) is 0 Å². The van der Waals surface area contributed by atoms with E-state index in [1.54, 1.807) is 6.08 Å². The normalized spacial score (nSPS) is 19.2. The molecule has 0 aromatic carbocycles. The quantitative estimate of drug-likeness (QED) is 0.406. The van der Waals surface area contributed by atoms with Crippen LogP contribution in [-0.4, -0.2) is 42.2 Å². The highest BCUT2D eigenvalue weighted by molar-refractivity contribution is 7.80. The lowest BCUT2D eigenvalue weighted by Crippen LogP contribution is -2.57. The smallest absolute Gasteiger partial charge is 0.311 e. The molecule has 0 bridgehead atoms. The van der Waals surface area contributed by atoms with Gasteiger partial charge in [-0.25, -0.2) is 0 Å². The molecule has 17 heavy (non-hydrogen) atoms. The van der Waals surface area contributed by atoms with Gasteiger partial charge in [0.25, 0.3) is 0 Å². The van der Waals surface area contributed by atoms with Crippen molar-refractivity contribution in [3.8, 4) is 0 Å². The van der Waals surface area contributed by atoms with E-state index >= 15 is 0 Å². The molecule has 1 aliphatic heterocycles. The van der Waals surface area contributed by atoms with Gasteiger partial charge in [-0.05, 0) is 12.2 Å². The topological polar surface area (TPSA) is 70.7 Å². The van der Waals surface area contributed by atoms with Crippen LogP contribution in [0.2, 0.25) is 0 Å². The number of methoxy groups -OCH3 is 1. The Kier molecular flexibility index (Phi) is 4.89. The van der Waals surface area contributed by atoms with Crippen LogP contribution in [0.5, 0.6) is 0 Å². The number of amides is 1. The molecule has 1 aliphatic rings. The zero-order valence-corrected chi connectivity index (χ0v) is 10.4. The summed E-state index contributed by atoms with van der Waals surface area (Å²) < 4.78 is 4.62. The summed E-state index contributed by atoms with van der Waals surface area (Å²) in [5.41, 5.74) is 2.58. The summed E-state index contributed by atoms with van der Waals surface area (Å²) in [6.45, 7) is 4.35. The van der Waals surface area contributed by atoms with Crippen molar-refractivity contribution in [2.75, 3.05) is 20.2 Å². The number of nitrogens with one attached hydrogen (secondary N) is 2. The van der Waals surface area contributed by atoms with Crippen molar-refractivity contribution in [3.63, 3.8) is 0 Å². The fraction of sp³-hybridized carbons (Fsp3) is 0.500. The Morgan fingerprint density at radius 2 is 2.53 bits per heavy atom. The Morgan fingerprint density at radius 3 is 3.12 bits per heavy atom. The highest BCUT2D eigenvalue weighted by Gasteiger charge is 2.31. The van der Waals surface area contributed by atoms with Crippen LogP contribution < -0.4 is 10.7 Å². The van der Waals surface area contributed by atoms with E-state index in [-0.39, 0.29) is 12.3 Å². The van der Waals surface area contributed by atoms with Crippen molar-refractivity contribution in [1.82, 2.24) is 15.8 Å². The molecule has 1 atom stereocenters. The molecule has 6 nitrogen and oxygen atoms in total. The molecule has 1 saturated heterocycles. The van der Waals surface area contributed by atoms with Crippen molar-refractivity contribution in [2.24, 2.45) is 5.92 Å². The highest BCUT2D eigenvalue weighted by atomic mass is 32.1. The molecule has 2 N–H and O–H groups in total. The predicted molar refractivity (Wildman–Crippen MR) is 65.8 cm³/mol. The summed E-state index contributed by atoms with van der Waals surface area (Å²) in [7, 11) is 1.30. The molecule has 0 aromatic heterocycles. The largest absolute Gasteiger partial charge is 0.469 e. The van der Waals surface area contributed by atoms with Crippen LogP contribution in [-0.2, 0) is 14.3 Å². The molecule has 0 radical (unpaired) electrons. The van der Waals surface area contributed by atoms with Crippen LogP contribution in [0.4, 0.5) is 0 Å². The van der Waals surface area contributed by atoms with Crippen molar-refractivity contribution >= 4 is 29.2 Å². The Hall–Kier alpha value is -1.63. The molecule has 0 spiro atoms. The van der Waals surface area contributed by atoms with Crippen molar-refractivity contribution in [1.29, 1.82) is 0 Å². The molecule has 0 aliphatic carbocycles. The number of carbonyl (C=O) groups is 2. The number of nitrogens with zero attached hydrogens (tertiary/aromatic N) is 1. The SMILES string of the molecule is C=CCNC(=S)N1CC(C(=O)OC)CC(=O)N1. The maximum atomic E-state index is 11.4. The van der Waals surface area contributed by atoms with Gasteiger partial charge < -0.3 is 10.1 Å². The highest BCUT2D eigenvalue weighted by Crippen LogP contribution is 2.12. The Labute approximate surface area is 105 Å². The van der Waals surface area contributed by atoms with E-state index in [4.69, 9.17) is 12.2 Å². The number of rotatable bonds is 3. The summed E-state index contributed by atoms with van der Waals surface area (Å²) in [6.07, 6.45) is 1.77. The van der Waals surface area contributed by atoms with Gasteiger partial charge in [0.15, 0.2) is 5.11 Å². The lowest BCUT2D eigenvalue weighted by molar-refractivity contribution is -0.150. The van der Waals surface area contributed by atoms with Crippen LogP contribution in [0, 0.1) is 5.92 Å². The number of ether oxygens (including phenoxy) is 1. The van der Waals surface area contributed by atoms with Gasteiger partial charge in [0.05, 0.1) is 19.6 Å². The van der Waals surface area contributed by atoms with Crippen molar-refractivity contribution < 1.29 is 14.3 Å². The Balaban J connectivity index is 2.61. The molecular weight excluding hydrogens is 242 g/mol. The minimum Gasteiger partial charge on any atom is -0.469 e. The number of hydrazine groups is 1. The third kappa shape index (κ3) is 3.70. The molecular formula is C10H15N3O3S. The van der Waals surface area contributed by atoms with Gasteiger partial charge in [0.2, 0.25) is 5.91 Å². The van der Waals surface area contributed by atoms with E-state index < -0.39 is 11.9 Å². The molecule has 0 saturated carbocycles. The molecule has 7 heteroatoms. The number of hydrogen-bond acceptors (Lipinski definition) is 4. The van der Waals surface area contributed by atoms with E-state index in [1.165, 1.54) is 12.1 Å². The molecule has 94 valence electrons. The third-order valence-corrected chi connectivity index (χ3v) is 2.64. The molecule has 1 rings (SSSR count). The van der Waals surface area contributed by atoms with Crippen LogP contribution in [0.15, 0.2) is 12.7 Å². The number of hydrogen-bond donors (Lipinski definition) is 2. The molecule has 1 fully saturated rings. The fourth-order valence-corrected chi connectivity index (χ4v) is 1.67. The summed E-state index contributed by atoms with van der Waals surface area (Å²) in [5, 5.41) is 4.66. The first-order valence-corrected chi connectivity index (χ1v) is 5.53. The second-order valence-corrected chi connectivity index (χ2v) is 3.93. The van der Waals surface area contributed by atoms with Gasteiger partial charge in [-0.1, -0.05) is 6.08 Å². The first-order valence-electron chi connectivity index (χ1n) is 5.12. The number of esters is 1. The Bertz CT molecular complexity index is 346. The first kappa shape index (κ1) is 13.4. The predicted octanol–water partition coefficient (Wildman–Crippen LogP) is -0.427. The second-order valence-electron chi connectivity index (χ2n) is 3.54. The lowest BCUT2D eigenvalue weighted by atomic mass is 10.0. The van der Waals surface area contributed by atoms with Crippen molar-refractivity contribution in [2.45, 2.75) is 6.42 Å². The third-order valence-electron chi connectivity index (χ3n) is 2.27. The van der Waals surface area contributed by atoms with Gasteiger partial charge in [0.1, 0.15) is 0 Å². The monoisotopic (exact) mass is 257 g/mol. The van der Waals surface area contributed by atoms with Crippen LogP contribution in [0.25, 0.3) is 0 Å². The summed E-state index contributed by atoms with van der Waals surface area (Å²) in [5.74, 6) is -1.15. The molecule has 0 aromatic rings. The minimum atomic E-state index is -0.489. The standard InChI is InChI=1S/C10H15N3O3S/c1-3-4-11-10(17)13-6-7(9(15)16-2)5-8(14)12-13/h3,7H,1,4-6H2,2H3,(H,11,17)(H,12,14). The van der Waals surface area contributed by atoms with Crippen molar-refractivity contribution in [3.05, 3.63) is 12.7 Å². The van der Waals surface area contributed by atoms with Crippen LogP contribution >= 0.6 is 12.2 Å². The summed E-state index contributed by atoms with van der Waals surface area (Å²) in [6, 6.07) is 0. The van der Waals surface area contributed by atoms with Gasteiger partial charge in [-0.15, -0.1) is 6.58 Å². The average Bonchev–Trinajstić information content (AvgIpc) is 2.34. The summed E-state index contributed by atoms with van der Waals surface area (Å²) in [4.78, 5) is 22.8. The van der Waals surface area contributed by atoms with Gasteiger partial charge >= 0.3 is 5.97 Å².